The molecule has 0 fully saturated rings. The average Bonchev–Trinajstić information content (AvgIpc) is 2.31. The van der Waals surface area contributed by atoms with E-state index in [0.717, 1.165) is 23.8 Å². The molecule has 15 heavy (non-hydrogen) atoms. The Morgan fingerprint density at radius 1 is 1.20 bits per heavy atom. The Kier molecular flexibility index (Phi) is 2.88. The fourth-order valence-electron chi connectivity index (χ4n) is 1.20. The molecule has 0 atom stereocenters. The van der Waals surface area contributed by atoms with Gasteiger partial charge in [-0.2, -0.15) is 0 Å². The fourth-order valence-corrected chi connectivity index (χ4v) is 1.20. The van der Waals surface area contributed by atoms with Crippen LogP contribution < -0.4 is 5.32 Å². The molecule has 4 heteroatoms. The lowest BCUT2D eigenvalue weighted by Gasteiger charge is -2.04. The maximum Gasteiger partial charge on any atom is 0.150 e. The van der Waals surface area contributed by atoms with Gasteiger partial charge in [0.05, 0.1) is 11.9 Å². The minimum atomic E-state index is 0.730. The molecule has 0 aliphatic carbocycles. The predicted octanol–water partition coefficient (Wildman–Crippen LogP) is 2.18. The Balaban J connectivity index is 2.17. The van der Waals surface area contributed by atoms with Crippen LogP contribution in [0.25, 0.3) is 0 Å². The van der Waals surface area contributed by atoms with Crippen molar-refractivity contribution in [3.05, 3.63) is 42.5 Å². The van der Waals surface area contributed by atoms with Crippen molar-refractivity contribution in [2.45, 2.75) is 13.3 Å². The second kappa shape index (κ2) is 4.50. The molecule has 0 amide bonds. The Labute approximate surface area is 88.4 Å². The number of hydrogen-bond donors (Lipinski definition) is 1. The normalized spacial score (nSPS) is 9.93. The van der Waals surface area contributed by atoms with Crippen LogP contribution in [0.4, 0.5) is 11.6 Å². The molecule has 2 heterocycles. The monoisotopic (exact) mass is 200 g/mol. The Morgan fingerprint density at radius 3 is 2.87 bits per heavy atom. The van der Waals surface area contributed by atoms with Crippen molar-refractivity contribution in [3.8, 4) is 0 Å². The van der Waals surface area contributed by atoms with E-state index in [1.165, 1.54) is 0 Å². The summed E-state index contributed by atoms with van der Waals surface area (Å²) in [5.74, 6) is 1.51. The summed E-state index contributed by atoms with van der Waals surface area (Å²) in [5.41, 5.74) is 0.968. The van der Waals surface area contributed by atoms with Gasteiger partial charge < -0.3 is 5.32 Å². The van der Waals surface area contributed by atoms with Gasteiger partial charge in [-0.1, -0.05) is 13.0 Å². The first-order chi connectivity index (χ1) is 7.38. The lowest BCUT2D eigenvalue weighted by atomic mass is 10.3. The molecule has 2 aromatic rings. The summed E-state index contributed by atoms with van der Waals surface area (Å²) >= 11 is 0. The van der Waals surface area contributed by atoms with Crippen LogP contribution in [-0.2, 0) is 6.42 Å². The van der Waals surface area contributed by atoms with Crippen LogP contribution in [-0.4, -0.2) is 15.0 Å². The summed E-state index contributed by atoms with van der Waals surface area (Å²) in [6.07, 6.45) is 6.07. The van der Waals surface area contributed by atoms with E-state index in [1.807, 2.05) is 18.2 Å². The molecular weight excluding hydrogens is 188 g/mol. The van der Waals surface area contributed by atoms with E-state index in [2.05, 4.69) is 27.2 Å². The second-order valence-electron chi connectivity index (χ2n) is 3.09. The molecule has 76 valence electrons. The summed E-state index contributed by atoms with van der Waals surface area (Å²) in [5, 5.41) is 3.09. The summed E-state index contributed by atoms with van der Waals surface area (Å²) in [6.45, 7) is 2.05. The quantitative estimate of drug-likeness (QED) is 0.825. The first kappa shape index (κ1) is 9.58. The minimum absolute atomic E-state index is 0.730. The SMILES string of the molecule is CCc1cncc(Nc2ccccn2)n1. The molecule has 0 saturated heterocycles. The molecule has 1 N–H and O–H groups in total. The predicted molar refractivity (Wildman–Crippen MR) is 58.9 cm³/mol. The highest BCUT2D eigenvalue weighted by atomic mass is 15.1. The third kappa shape index (κ3) is 2.49. The number of nitrogens with zero attached hydrogens (tertiary/aromatic N) is 3. The van der Waals surface area contributed by atoms with Gasteiger partial charge in [0.1, 0.15) is 11.6 Å². The van der Waals surface area contributed by atoms with E-state index in [-0.39, 0.29) is 0 Å². The highest BCUT2D eigenvalue weighted by Gasteiger charge is 1.97. The van der Waals surface area contributed by atoms with E-state index in [4.69, 9.17) is 0 Å². The molecule has 0 spiro atoms. The van der Waals surface area contributed by atoms with Gasteiger partial charge in [-0.15, -0.1) is 0 Å². The van der Waals surface area contributed by atoms with Crippen LogP contribution in [0.3, 0.4) is 0 Å². The second-order valence-corrected chi connectivity index (χ2v) is 3.09. The molecule has 0 bridgehead atoms. The van der Waals surface area contributed by atoms with Crippen molar-refractivity contribution in [2.24, 2.45) is 0 Å². The molecule has 0 saturated carbocycles. The number of aryl methyl sites for hydroxylation is 1. The van der Waals surface area contributed by atoms with Gasteiger partial charge in [0.2, 0.25) is 0 Å². The van der Waals surface area contributed by atoms with Crippen molar-refractivity contribution in [1.29, 1.82) is 0 Å². The van der Waals surface area contributed by atoms with Gasteiger partial charge in [0, 0.05) is 12.4 Å². The van der Waals surface area contributed by atoms with Gasteiger partial charge in [0.15, 0.2) is 0 Å². The number of aromatic nitrogens is 3. The van der Waals surface area contributed by atoms with Crippen molar-refractivity contribution in [3.63, 3.8) is 0 Å². The van der Waals surface area contributed by atoms with Gasteiger partial charge in [-0.3, -0.25) is 4.98 Å². The maximum atomic E-state index is 4.37. The Hall–Kier alpha value is -1.97. The van der Waals surface area contributed by atoms with Crippen molar-refractivity contribution in [2.75, 3.05) is 5.32 Å². The number of hydrogen-bond acceptors (Lipinski definition) is 4. The van der Waals surface area contributed by atoms with Crippen LogP contribution in [0.15, 0.2) is 36.8 Å². The summed E-state index contributed by atoms with van der Waals surface area (Å²) in [7, 11) is 0. The number of nitrogens with one attached hydrogen (secondary N) is 1. The maximum absolute atomic E-state index is 4.37. The number of pyridine rings is 1. The molecule has 0 aliphatic rings. The van der Waals surface area contributed by atoms with Crippen molar-refractivity contribution >= 4 is 11.6 Å². The van der Waals surface area contributed by atoms with Crippen LogP contribution >= 0.6 is 0 Å². The van der Waals surface area contributed by atoms with Gasteiger partial charge in [-0.05, 0) is 18.6 Å². The first-order valence-electron chi connectivity index (χ1n) is 4.87. The van der Waals surface area contributed by atoms with E-state index in [9.17, 15) is 0 Å². The molecule has 0 unspecified atom stereocenters. The van der Waals surface area contributed by atoms with Crippen molar-refractivity contribution in [1.82, 2.24) is 15.0 Å². The van der Waals surface area contributed by atoms with Crippen LogP contribution in [0.5, 0.6) is 0 Å². The summed E-state index contributed by atoms with van der Waals surface area (Å²) in [4.78, 5) is 12.6. The molecular formula is C11H12N4. The van der Waals surface area contributed by atoms with Crippen LogP contribution in [0.2, 0.25) is 0 Å². The highest BCUT2D eigenvalue weighted by molar-refractivity contribution is 5.49. The van der Waals surface area contributed by atoms with Gasteiger partial charge in [-0.25, -0.2) is 9.97 Å². The molecule has 2 aromatic heterocycles. The average molecular weight is 200 g/mol. The molecule has 0 aromatic carbocycles. The smallest absolute Gasteiger partial charge is 0.150 e. The van der Waals surface area contributed by atoms with Crippen LogP contribution in [0, 0.1) is 0 Å². The summed E-state index contributed by atoms with van der Waals surface area (Å²) in [6, 6.07) is 5.69. The van der Waals surface area contributed by atoms with E-state index in [0.29, 0.717) is 0 Å². The number of rotatable bonds is 3. The lowest BCUT2D eigenvalue weighted by molar-refractivity contribution is 1.00. The largest absolute Gasteiger partial charge is 0.324 e. The minimum Gasteiger partial charge on any atom is -0.324 e. The zero-order chi connectivity index (χ0) is 10.5. The third-order valence-electron chi connectivity index (χ3n) is 1.97. The highest BCUT2D eigenvalue weighted by Crippen LogP contribution is 2.10. The van der Waals surface area contributed by atoms with E-state index < -0.39 is 0 Å². The lowest BCUT2D eigenvalue weighted by Crippen LogP contribution is -1.98. The summed E-state index contributed by atoms with van der Waals surface area (Å²) < 4.78 is 0. The zero-order valence-electron chi connectivity index (χ0n) is 8.51. The van der Waals surface area contributed by atoms with Crippen molar-refractivity contribution < 1.29 is 0 Å². The molecule has 4 nitrogen and oxygen atoms in total. The molecule has 0 aliphatic heterocycles. The van der Waals surface area contributed by atoms with E-state index in [1.54, 1.807) is 18.6 Å². The molecule has 0 radical (unpaired) electrons. The third-order valence-corrected chi connectivity index (χ3v) is 1.97. The van der Waals surface area contributed by atoms with Crippen LogP contribution in [0.1, 0.15) is 12.6 Å². The fraction of sp³-hybridized carbons (Fsp3) is 0.182. The first-order valence-corrected chi connectivity index (χ1v) is 4.87. The van der Waals surface area contributed by atoms with Gasteiger partial charge in [0.25, 0.3) is 0 Å². The van der Waals surface area contributed by atoms with Gasteiger partial charge >= 0.3 is 0 Å². The zero-order valence-corrected chi connectivity index (χ0v) is 8.51. The Bertz CT molecular complexity index is 428. The number of anilines is 2. The standard InChI is InChI=1S/C11H12N4/c1-2-9-7-12-8-11(14-9)15-10-5-3-4-6-13-10/h3-8H,2H2,1H3,(H,13,14,15). The van der Waals surface area contributed by atoms with E-state index >= 15 is 0 Å². The molecule has 2 rings (SSSR count). The topological polar surface area (TPSA) is 50.7 Å². The Morgan fingerprint density at radius 2 is 2.13 bits per heavy atom.